The van der Waals surface area contributed by atoms with Gasteiger partial charge in [-0.1, -0.05) is 60.7 Å². The first-order valence-electron chi connectivity index (χ1n) is 8.16. The van der Waals surface area contributed by atoms with E-state index in [-0.39, 0.29) is 0 Å². The lowest BCUT2D eigenvalue weighted by Gasteiger charge is -2.02. The van der Waals surface area contributed by atoms with E-state index < -0.39 is 0 Å². The van der Waals surface area contributed by atoms with Gasteiger partial charge in [-0.3, -0.25) is 0 Å². The monoisotopic (exact) mass is 303 g/mol. The molecule has 3 atom stereocenters. The number of hydrogen-bond acceptors (Lipinski definition) is 1. The molecule has 2 nitrogen and oxygen atoms in total. The predicted octanol–water partition coefficient (Wildman–Crippen LogP) is 4.58. The van der Waals surface area contributed by atoms with Crippen LogP contribution in [0.15, 0.2) is 79.1 Å². The normalized spacial score (nSPS) is 22.9. The molecule has 0 amide bonds. The van der Waals surface area contributed by atoms with Gasteiger partial charge in [0.2, 0.25) is 0 Å². The molecular weight excluding hydrogens is 282 g/mol. The molecule has 2 aromatic carbocycles. The maximum absolute atomic E-state index is 5.69. The second kappa shape index (κ2) is 6.05. The van der Waals surface area contributed by atoms with Crippen molar-refractivity contribution in [1.29, 1.82) is 0 Å². The van der Waals surface area contributed by atoms with Crippen LogP contribution in [0.25, 0.3) is 11.1 Å². The fourth-order valence-electron chi connectivity index (χ4n) is 3.59. The molecule has 1 fully saturated rings. The Kier molecular flexibility index (Phi) is 3.76. The Morgan fingerprint density at radius 1 is 0.870 bits per heavy atom. The Morgan fingerprint density at radius 2 is 1.57 bits per heavy atom. The zero-order valence-corrected chi connectivity index (χ0v) is 13.3. The topological polar surface area (TPSA) is 14.2 Å². The summed E-state index contributed by atoms with van der Waals surface area (Å²) in [5.41, 5.74) is 3.93. The second-order valence-electron chi connectivity index (χ2n) is 6.26. The maximum atomic E-state index is 5.69. The van der Waals surface area contributed by atoms with Crippen molar-refractivity contribution in [3.63, 3.8) is 0 Å². The number of hydrogen-bond donors (Lipinski definition) is 0. The number of aromatic nitrogens is 1. The molecule has 1 saturated carbocycles. The van der Waals surface area contributed by atoms with Crippen LogP contribution in [0.4, 0.5) is 0 Å². The Bertz CT molecular complexity index is 763. The van der Waals surface area contributed by atoms with E-state index in [1.165, 1.54) is 16.7 Å². The van der Waals surface area contributed by atoms with Crippen molar-refractivity contribution in [3.8, 4) is 11.1 Å². The van der Waals surface area contributed by atoms with Crippen LogP contribution >= 0.6 is 0 Å². The van der Waals surface area contributed by atoms with E-state index in [1.807, 2.05) is 7.11 Å². The quantitative estimate of drug-likeness (QED) is 0.673. The first kappa shape index (κ1) is 14.3. The van der Waals surface area contributed by atoms with E-state index >= 15 is 0 Å². The molecule has 1 heterocycles. The molecule has 1 aliphatic rings. The SMILES string of the molecule is CO[C@@H]1[C@@H](Cn2ccc(-c3ccccc3)c2)[C@@H]1c1ccccc1. The lowest BCUT2D eigenvalue weighted by atomic mass is 10.1. The largest absolute Gasteiger partial charge is 0.380 e. The smallest absolute Gasteiger partial charge is 0.0696 e. The van der Waals surface area contributed by atoms with Crippen molar-refractivity contribution in [1.82, 2.24) is 4.57 Å². The highest BCUT2D eigenvalue weighted by Gasteiger charge is 2.51. The standard InChI is InChI=1S/C21H21NO/c1-23-21-19(20(21)17-10-6-3-7-11-17)15-22-13-12-18(14-22)16-8-4-2-5-9-16/h2-14,19-21H,15H2,1H3/t19-,20-,21+/m0/s1. The summed E-state index contributed by atoms with van der Waals surface area (Å²) < 4.78 is 7.98. The molecule has 2 heteroatoms. The Labute approximate surface area is 137 Å². The van der Waals surface area contributed by atoms with Crippen LogP contribution in [0.5, 0.6) is 0 Å². The average Bonchev–Trinajstić information content (AvgIpc) is 3.10. The highest BCUT2D eigenvalue weighted by atomic mass is 16.5. The summed E-state index contributed by atoms with van der Waals surface area (Å²) in [6.45, 7) is 1.00. The summed E-state index contributed by atoms with van der Waals surface area (Å²) in [6.07, 6.45) is 4.75. The summed E-state index contributed by atoms with van der Waals surface area (Å²) in [5.74, 6) is 1.07. The molecule has 0 aliphatic heterocycles. The van der Waals surface area contributed by atoms with Crippen molar-refractivity contribution in [2.45, 2.75) is 18.6 Å². The highest BCUT2D eigenvalue weighted by Crippen LogP contribution is 2.50. The Hall–Kier alpha value is -2.32. The second-order valence-corrected chi connectivity index (χ2v) is 6.26. The molecule has 116 valence electrons. The number of rotatable bonds is 5. The summed E-state index contributed by atoms with van der Waals surface area (Å²) in [5, 5.41) is 0. The molecule has 0 unspecified atom stereocenters. The van der Waals surface area contributed by atoms with Crippen molar-refractivity contribution in [3.05, 3.63) is 84.7 Å². The summed E-state index contributed by atoms with van der Waals surface area (Å²) in [6, 6.07) is 23.4. The summed E-state index contributed by atoms with van der Waals surface area (Å²) in [4.78, 5) is 0. The molecule has 0 N–H and O–H groups in total. The number of nitrogens with zero attached hydrogens (tertiary/aromatic N) is 1. The first-order chi connectivity index (χ1) is 11.4. The van der Waals surface area contributed by atoms with Crippen LogP contribution in [-0.2, 0) is 11.3 Å². The molecule has 0 spiro atoms. The Balaban J connectivity index is 1.50. The van der Waals surface area contributed by atoms with Crippen molar-refractivity contribution < 1.29 is 4.74 Å². The van der Waals surface area contributed by atoms with Crippen molar-refractivity contribution in [2.75, 3.05) is 7.11 Å². The average molecular weight is 303 g/mol. The van der Waals surface area contributed by atoms with Gasteiger partial charge in [0, 0.05) is 37.9 Å². The highest BCUT2D eigenvalue weighted by molar-refractivity contribution is 5.62. The maximum Gasteiger partial charge on any atom is 0.0696 e. The fraction of sp³-hybridized carbons (Fsp3) is 0.238. The van der Waals surface area contributed by atoms with Crippen LogP contribution in [0.1, 0.15) is 11.5 Å². The number of benzene rings is 2. The first-order valence-corrected chi connectivity index (χ1v) is 8.16. The van der Waals surface area contributed by atoms with E-state index in [1.54, 1.807) is 0 Å². The molecule has 1 aromatic heterocycles. The third kappa shape index (κ3) is 2.82. The van der Waals surface area contributed by atoms with E-state index in [0.717, 1.165) is 6.54 Å². The van der Waals surface area contributed by atoms with Crippen LogP contribution in [0, 0.1) is 5.92 Å². The minimum Gasteiger partial charge on any atom is -0.380 e. The molecule has 3 aromatic rings. The summed E-state index contributed by atoms with van der Waals surface area (Å²) >= 11 is 0. The van der Waals surface area contributed by atoms with Gasteiger partial charge in [-0.25, -0.2) is 0 Å². The van der Waals surface area contributed by atoms with Gasteiger partial charge < -0.3 is 9.30 Å². The van der Waals surface area contributed by atoms with Gasteiger partial charge in [-0.2, -0.15) is 0 Å². The molecular formula is C21H21NO. The molecule has 1 aliphatic carbocycles. The van der Waals surface area contributed by atoms with Gasteiger partial charge in [-0.15, -0.1) is 0 Å². The van der Waals surface area contributed by atoms with E-state index in [0.29, 0.717) is 17.9 Å². The van der Waals surface area contributed by atoms with Gasteiger partial charge in [0.15, 0.2) is 0 Å². The third-order valence-corrected chi connectivity index (χ3v) is 4.83. The number of methoxy groups -OCH3 is 1. The summed E-state index contributed by atoms with van der Waals surface area (Å²) in [7, 11) is 1.83. The van der Waals surface area contributed by atoms with Crippen LogP contribution in [0.3, 0.4) is 0 Å². The van der Waals surface area contributed by atoms with Gasteiger partial charge >= 0.3 is 0 Å². The van der Waals surface area contributed by atoms with Gasteiger partial charge in [0.25, 0.3) is 0 Å². The zero-order chi connectivity index (χ0) is 15.6. The Morgan fingerprint density at radius 3 is 2.26 bits per heavy atom. The lowest BCUT2D eigenvalue weighted by molar-refractivity contribution is 0.163. The molecule has 4 rings (SSSR count). The van der Waals surface area contributed by atoms with Crippen molar-refractivity contribution in [2.24, 2.45) is 5.92 Å². The van der Waals surface area contributed by atoms with Crippen LogP contribution < -0.4 is 0 Å². The van der Waals surface area contributed by atoms with E-state index in [4.69, 9.17) is 4.74 Å². The lowest BCUT2D eigenvalue weighted by Crippen LogP contribution is -2.00. The van der Waals surface area contributed by atoms with Gasteiger partial charge in [0.1, 0.15) is 0 Å². The van der Waals surface area contributed by atoms with Crippen LogP contribution in [0.2, 0.25) is 0 Å². The molecule has 0 saturated heterocycles. The fourth-order valence-corrected chi connectivity index (χ4v) is 3.59. The van der Waals surface area contributed by atoms with Crippen LogP contribution in [-0.4, -0.2) is 17.8 Å². The van der Waals surface area contributed by atoms with Crippen molar-refractivity contribution >= 4 is 0 Å². The van der Waals surface area contributed by atoms with E-state index in [2.05, 4.69) is 83.7 Å². The minimum absolute atomic E-state index is 0.333. The third-order valence-electron chi connectivity index (χ3n) is 4.83. The predicted molar refractivity (Wildman–Crippen MR) is 93.3 cm³/mol. The molecule has 0 radical (unpaired) electrons. The molecule has 0 bridgehead atoms. The zero-order valence-electron chi connectivity index (χ0n) is 13.3. The minimum atomic E-state index is 0.333. The molecule has 23 heavy (non-hydrogen) atoms. The van der Waals surface area contributed by atoms with E-state index in [9.17, 15) is 0 Å². The van der Waals surface area contributed by atoms with Gasteiger partial charge in [0.05, 0.1) is 6.10 Å². The van der Waals surface area contributed by atoms with Gasteiger partial charge in [-0.05, 0) is 22.8 Å². The number of ether oxygens (including phenoxy) is 1.